The first kappa shape index (κ1) is 25.4. The monoisotopic (exact) mass is 534 g/mol. The van der Waals surface area contributed by atoms with E-state index < -0.39 is 27.6 Å². The standard InChI is InChI=1S/C26H26N6O5S/c1-3-19-14-28-26(36-19)21-12-18(13-27)24(29-16(21)2)32-10-8-17(9-11-32)25(33)31-38(34,35)15-22-20-6-4-5-7-23(20)37-30-22/h4-7,12,14,17H,3,8-11,15H2,1-2H3,(H,31,33). The Bertz CT molecular complexity index is 1640. The number of carbonyl (C=O) groups excluding carboxylic acids is 1. The molecule has 12 heteroatoms. The molecule has 0 unspecified atom stereocenters. The number of nitrogens with zero attached hydrogens (tertiary/aromatic N) is 5. The molecule has 11 nitrogen and oxygen atoms in total. The minimum Gasteiger partial charge on any atom is -0.441 e. The van der Waals surface area contributed by atoms with E-state index in [9.17, 15) is 18.5 Å². The maximum absolute atomic E-state index is 12.8. The number of benzene rings is 1. The van der Waals surface area contributed by atoms with Crippen molar-refractivity contribution in [3.05, 3.63) is 59.2 Å². The van der Waals surface area contributed by atoms with E-state index in [1.54, 1.807) is 36.5 Å². The lowest BCUT2D eigenvalue weighted by atomic mass is 9.96. The van der Waals surface area contributed by atoms with Gasteiger partial charge in [-0.2, -0.15) is 5.26 Å². The minimum atomic E-state index is -3.96. The van der Waals surface area contributed by atoms with Crippen LogP contribution < -0.4 is 9.62 Å². The van der Waals surface area contributed by atoms with Gasteiger partial charge < -0.3 is 13.8 Å². The lowest BCUT2D eigenvalue weighted by Gasteiger charge is -2.32. The summed E-state index contributed by atoms with van der Waals surface area (Å²) in [6.07, 6.45) is 3.21. The second-order valence-electron chi connectivity index (χ2n) is 9.20. The SMILES string of the molecule is CCc1cnc(-c2cc(C#N)c(N3CCC(C(=O)NS(=O)(=O)Cc4noc5ccccc45)CC3)nc2C)o1. The molecule has 4 heterocycles. The molecular weight excluding hydrogens is 508 g/mol. The van der Waals surface area contributed by atoms with Gasteiger partial charge in [0.05, 0.1) is 23.0 Å². The summed E-state index contributed by atoms with van der Waals surface area (Å²) in [6, 6.07) is 10.9. The van der Waals surface area contributed by atoms with Gasteiger partial charge in [0, 0.05) is 30.8 Å². The van der Waals surface area contributed by atoms with E-state index in [0.717, 1.165) is 5.76 Å². The van der Waals surface area contributed by atoms with E-state index in [0.29, 0.717) is 71.9 Å². The second kappa shape index (κ2) is 10.3. The molecule has 4 aromatic rings. The van der Waals surface area contributed by atoms with Gasteiger partial charge in [-0.05, 0) is 38.0 Å². The Kier molecular flexibility index (Phi) is 6.86. The summed E-state index contributed by atoms with van der Waals surface area (Å²) in [6.45, 7) is 4.70. The first-order valence-corrected chi connectivity index (χ1v) is 13.9. The highest BCUT2D eigenvalue weighted by Crippen LogP contribution is 2.31. The van der Waals surface area contributed by atoms with Crippen LogP contribution in [0.15, 0.2) is 45.5 Å². The number of nitriles is 1. The van der Waals surface area contributed by atoms with Gasteiger partial charge >= 0.3 is 0 Å². The molecule has 1 N–H and O–H groups in total. The third-order valence-electron chi connectivity index (χ3n) is 6.65. The van der Waals surface area contributed by atoms with Crippen molar-refractivity contribution in [1.82, 2.24) is 19.8 Å². The fraction of sp³-hybridized carbons (Fsp3) is 0.346. The molecule has 196 valence electrons. The quantitative estimate of drug-likeness (QED) is 0.372. The van der Waals surface area contributed by atoms with Crippen molar-refractivity contribution < 1.29 is 22.2 Å². The number of amides is 1. The molecule has 1 aromatic carbocycles. The molecule has 0 aliphatic carbocycles. The number of pyridine rings is 1. The molecule has 0 atom stereocenters. The maximum Gasteiger partial charge on any atom is 0.240 e. The van der Waals surface area contributed by atoms with Crippen LogP contribution in [0.2, 0.25) is 0 Å². The number of fused-ring (bicyclic) bond motifs is 1. The molecule has 1 fully saturated rings. The van der Waals surface area contributed by atoms with E-state index >= 15 is 0 Å². The first-order chi connectivity index (χ1) is 18.3. The van der Waals surface area contributed by atoms with Crippen molar-refractivity contribution >= 4 is 32.7 Å². The number of hydrogen-bond donors (Lipinski definition) is 1. The van der Waals surface area contributed by atoms with Crippen LogP contribution in [-0.2, 0) is 27.0 Å². The molecule has 1 aliphatic rings. The molecule has 1 aliphatic heterocycles. The van der Waals surface area contributed by atoms with Gasteiger partial charge in [0.1, 0.15) is 29.1 Å². The van der Waals surface area contributed by atoms with Gasteiger partial charge in [-0.3, -0.25) is 9.52 Å². The van der Waals surface area contributed by atoms with E-state index in [2.05, 4.69) is 25.9 Å². The number of rotatable bonds is 7. The summed E-state index contributed by atoms with van der Waals surface area (Å²) in [5.74, 6) is 0.207. The normalized spacial score (nSPS) is 14.5. The highest BCUT2D eigenvalue weighted by Gasteiger charge is 2.30. The second-order valence-corrected chi connectivity index (χ2v) is 10.9. The Balaban J connectivity index is 1.24. The Morgan fingerprint density at radius 3 is 2.74 bits per heavy atom. The van der Waals surface area contributed by atoms with Crippen molar-refractivity contribution in [1.29, 1.82) is 5.26 Å². The number of nitrogens with one attached hydrogen (secondary N) is 1. The lowest BCUT2D eigenvalue weighted by molar-refractivity contribution is -0.123. The molecule has 0 saturated carbocycles. The van der Waals surface area contributed by atoms with Crippen LogP contribution in [0.5, 0.6) is 0 Å². The van der Waals surface area contributed by atoms with E-state index in [4.69, 9.17) is 8.94 Å². The Labute approximate surface area is 219 Å². The lowest BCUT2D eigenvalue weighted by Crippen LogP contribution is -2.43. The van der Waals surface area contributed by atoms with Gasteiger partial charge in [0.15, 0.2) is 5.58 Å². The van der Waals surface area contributed by atoms with Crippen molar-refractivity contribution in [2.75, 3.05) is 18.0 Å². The third-order valence-corrected chi connectivity index (χ3v) is 7.81. The number of oxazole rings is 1. The van der Waals surface area contributed by atoms with Crippen molar-refractivity contribution in [3.8, 4) is 17.5 Å². The Morgan fingerprint density at radius 2 is 2.03 bits per heavy atom. The van der Waals surface area contributed by atoms with E-state index in [1.807, 2.05) is 18.7 Å². The number of sulfonamides is 1. The number of anilines is 1. The van der Waals surface area contributed by atoms with Crippen LogP contribution in [0.3, 0.4) is 0 Å². The fourth-order valence-corrected chi connectivity index (χ4v) is 5.69. The van der Waals surface area contributed by atoms with Crippen LogP contribution in [0.4, 0.5) is 5.82 Å². The third kappa shape index (κ3) is 5.10. The van der Waals surface area contributed by atoms with Gasteiger partial charge in [-0.1, -0.05) is 24.2 Å². The zero-order valence-corrected chi connectivity index (χ0v) is 21.8. The van der Waals surface area contributed by atoms with Gasteiger partial charge in [0.25, 0.3) is 0 Å². The number of piperidine rings is 1. The van der Waals surface area contributed by atoms with Crippen molar-refractivity contribution in [2.24, 2.45) is 5.92 Å². The number of aromatic nitrogens is 3. The summed E-state index contributed by atoms with van der Waals surface area (Å²) < 4.78 is 38.5. The van der Waals surface area contributed by atoms with Gasteiger partial charge in [0.2, 0.25) is 21.8 Å². The largest absolute Gasteiger partial charge is 0.441 e. The maximum atomic E-state index is 12.8. The topological polar surface area (TPSA) is 155 Å². The van der Waals surface area contributed by atoms with E-state index in [-0.39, 0.29) is 5.69 Å². The predicted octanol–water partition coefficient (Wildman–Crippen LogP) is 3.48. The Morgan fingerprint density at radius 1 is 1.26 bits per heavy atom. The summed E-state index contributed by atoms with van der Waals surface area (Å²) in [5.41, 5.74) is 2.45. The molecular formula is C26H26N6O5S. The average molecular weight is 535 g/mol. The summed E-state index contributed by atoms with van der Waals surface area (Å²) in [5, 5.41) is 14.2. The molecule has 38 heavy (non-hydrogen) atoms. The number of aryl methyl sites for hydroxylation is 2. The average Bonchev–Trinajstić information content (AvgIpc) is 3.55. The highest BCUT2D eigenvalue weighted by molar-refractivity contribution is 7.89. The fourth-order valence-electron chi connectivity index (χ4n) is 4.58. The van der Waals surface area contributed by atoms with Crippen LogP contribution in [0, 0.1) is 24.2 Å². The first-order valence-electron chi connectivity index (χ1n) is 12.3. The molecule has 0 spiro atoms. The molecule has 0 bridgehead atoms. The van der Waals surface area contributed by atoms with Crippen LogP contribution in [-0.4, -0.2) is 42.5 Å². The molecule has 0 radical (unpaired) electrons. The molecule has 1 amide bonds. The number of carbonyl (C=O) groups is 1. The minimum absolute atomic E-state index is 0.250. The summed E-state index contributed by atoms with van der Waals surface area (Å²) in [7, 11) is -3.96. The van der Waals surface area contributed by atoms with Crippen molar-refractivity contribution in [3.63, 3.8) is 0 Å². The number of hydrogen-bond acceptors (Lipinski definition) is 10. The van der Waals surface area contributed by atoms with E-state index in [1.165, 1.54) is 0 Å². The molecule has 3 aromatic heterocycles. The number of para-hydroxylation sites is 1. The van der Waals surface area contributed by atoms with Crippen LogP contribution >= 0.6 is 0 Å². The zero-order valence-electron chi connectivity index (χ0n) is 21.0. The Hall–Kier alpha value is -4.24. The van der Waals surface area contributed by atoms with Crippen molar-refractivity contribution in [2.45, 2.75) is 38.9 Å². The molecule has 5 rings (SSSR count). The highest BCUT2D eigenvalue weighted by atomic mass is 32.2. The molecule has 1 saturated heterocycles. The predicted molar refractivity (Wildman–Crippen MR) is 138 cm³/mol. The van der Waals surface area contributed by atoms with Crippen LogP contribution in [0.25, 0.3) is 22.4 Å². The summed E-state index contributed by atoms with van der Waals surface area (Å²) in [4.78, 5) is 23.7. The smallest absolute Gasteiger partial charge is 0.240 e. The zero-order chi connectivity index (χ0) is 26.9. The van der Waals surface area contributed by atoms with Gasteiger partial charge in [-0.15, -0.1) is 0 Å². The van der Waals surface area contributed by atoms with Gasteiger partial charge in [-0.25, -0.2) is 18.4 Å². The summed E-state index contributed by atoms with van der Waals surface area (Å²) >= 11 is 0. The van der Waals surface area contributed by atoms with Crippen LogP contribution in [0.1, 0.15) is 42.5 Å².